The molecule has 0 bridgehead atoms. The van der Waals surface area contributed by atoms with Gasteiger partial charge < -0.3 is 4.57 Å². The molecule has 1 amide bonds. The van der Waals surface area contributed by atoms with Gasteiger partial charge in [0.2, 0.25) is 0 Å². The normalized spacial score (nSPS) is 11.6. The maximum Gasteiger partial charge on any atom is 0.280 e. The van der Waals surface area contributed by atoms with Crippen molar-refractivity contribution in [3.05, 3.63) is 98.7 Å². The van der Waals surface area contributed by atoms with Crippen molar-refractivity contribution in [3.63, 3.8) is 0 Å². The van der Waals surface area contributed by atoms with Gasteiger partial charge in [0.05, 0.1) is 16.1 Å². The lowest BCUT2D eigenvalue weighted by atomic mass is 10.1. The van der Waals surface area contributed by atoms with E-state index in [2.05, 4.69) is 33.1 Å². The summed E-state index contributed by atoms with van der Waals surface area (Å²) in [5.41, 5.74) is 3.63. The van der Waals surface area contributed by atoms with Gasteiger partial charge >= 0.3 is 0 Å². The molecular formula is C23H16BrClN2OS. The van der Waals surface area contributed by atoms with Crippen molar-refractivity contribution in [1.29, 1.82) is 0 Å². The lowest BCUT2D eigenvalue weighted by molar-refractivity contribution is 0.0997. The van der Waals surface area contributed by atoms with Crippen LogP contribution in [0.5, 0.6) is 0 Å². The van der Waals surface area contributed by atoms with E-state index in [4.69, 9.17) is 11.6 Å². The average Bonchev–Trinajstić information content (AvgIpc) is 3.06. The van der Waals surface area contributed by atoms with Crippen LogP contribution in [0.3, 0.4) is 0 Å². The Balaban J connectivity index is 1.92. The van der Waals surface area contributed by atoms with Gasteiger partial charge in [-0.3, -0.25) is 4.79 Å². The number of thiazole rings is 1. The molecule has 1 heterocycles. The molecule has 1 aromatic heterocycles. The van der Waals surface area contributed by atoms with Crippen LogP contribution in [0.15, 0.2) is 88.3 Å². The number of halogens is 2. The summed E-state index contributed by atoms with van der Waals surface area (Å²) in [6.07, 6.45) is 0. The fourth-order valence-corrected chi connectivity index (χ4v) is 4.78. The second-order valence-electron chi connectivity index (χ2n) is 6.39. The zero-order valence-electron chi connectivity index (χ0n) is 15.5. The fourth-order valence-electron chi connectivity index (χ4n) is 3.05. The lowest BCUT2D eigenvalue weighted by Gasteiger charge is -2.07. The molecule has 0 aliphatic carbocycles. The third-order valence-electron chi connectivity index (χ3n) is 4.49. The minimum atomic E-state index is -0.281. The average molecular weight is 484 g/mol. The molecule has 144 valence electrons. The number of nitrogens with zero attached hydrogens (tertiary/aromatic N) is 2. The topological polar surface area (TPSA) is 34.4 Å². The molecule has 0 unspecified atom stereocenters. The highest BCUT2D eigenvalue weighted by Crippen LogP contribution is 2.34. The predicted molar refractivity (Wildman–Crippen MR) is 123 cm³/mol. The zero-order valence-corrected chi connectivity index (χ0v) is 18.6. The van der Waals surface area contributed by atoms with Crippen molar-refractivity contribution in [3.8, 4) is 21.7 Å². The van der Waals surface area contributed by atoms with E-state index in [-0.39, 0.29) is 5.91 Å². The summed E-state index contributed by atoms with van der Waals surface area (Å²) in [6, 6.07) is 25.1. The zero-order chi connectivity index (χ0) is 20.4. The van der Waals surface area contributed by atoms with Gasteiger partial charge in [0.25, 0.3) is 5.91 Å². The number of carbonyl (C=O) groups excluding carboxylic acids is 1. The summed E-state index contributed by atoms with van der Waals surface area (Å²) in [4.78, 5) is 18.9. The van der Waals surface area contributed by atoms with E-state index in [0.717, 1.165) is 26.2 Å². The molecule has 3 nitrogen and oxygen atoms in total. The number of aromatic nitrogens is 1. The smallest absolute Gasteiger partial charge is 0.280 e. The molecule has 0 aliphatic rings. The summed E-state index contributed by atoms with van der Waals surface area (Å²) in [5.74, 6) is -0.281. The first-order chi connectivity index (χ1) is 14.0. The first-order valence-corrected chi connectivity index (χ1v) is 10.9. The van der Waals surface area contributed by atoms with E-state index in [9.17, 15) is 4.79 Å². The van der Waals surface area contributed by atoms with Crippen molar-refractivity contribution in [1.82, 2.24) is 4.57 Å². The molecule has 4 rings (SSSR count). The SMILES string of the molecule is Cn1c(-c2ccc(Cl)cc2)c(-c2ccccc2)sc1=NC(=O)c1ccccc1Br. The van der Waals surface area contributed by atoms with Gasteiger partial charge in [-0.25, -0.2) is 0 Å². The van der Waals surface area contributed by atoms with E-state index >= 15 is 0 Å². The van der Waals surface area contributed by atoms with Crippen LogP contribution in [0.25, 0.3) is 21.7 Å². The molecular weight excluding hydrogens is 468 g/mol. The highest BCUT2D eigenvalue weighted by atomic mass is 79.9. The Morgan fingerprint density at radius 1 is 0.931 bits per heavy atom. The van der Waals surface area contributed by atoms with Crippen LogP contribution < -0.4 is 4.80 Å². The van der Waals surface area contributed by atoms with E-state index in [1.807, 2.05) is 72.3 Å². The van der Waals surface area contributed by atoms with Crippen molar-refractivity contribution >= 4 is 44.8 Å². The molecule has 0 spiro atoms. The van der Waals surface area contributed by atoms with Crippen LogP contribution in [0.1, 0.15) is 10.4 Å². The molecule has 0 fully saturated rings. The number of benzene rings is 3. The fraction of sp³-hybridized carbons (Fsp3) is 0.0435. The minimum Gasteiger partial charge on any atom is -0.319 e. The molecule has 4 aromatic rings. The Labute approximate surface area is 186 Å². The number of hydrogen-bond acceptors (Lipinski definition) is 2. The number of rotatable bonds is 3. The molecule has 0 saturated heterocycles. The van der Waals surface area contributed by atoms with E-state index in [1.165, 1.54) is 11.3 Å². The molecule has 29 heavy (non-hydrogen) atoms. The molecule has 6 heteroatoms. The Hall–Kier alpha value is -2.47. The molecule has 0 saturated carbocycles. The molecule has 0 N–H and O–H groups in total. The second-order valence-corrected chi connectivity index (χ2v) is 8.66. The summed E-state index contributed by atoms with van der Waals surface area (Å²) in [7, 11) is 1.93. The van der Waals surface area contributed by atoms with Crippen molar-refractivity contribution in [2.24, 2.45) is 12.0 Å². The first kappa shape index (κ1) is 19.8. The quantitative estimate of drug-likeness (QED) is 0.324. The largest absolute Gasteiger partial charge is 0.319 e. The summed E-state index contributed by atoms with van der Waals surface area (Å²) >= 11 is 11.0. The number of amides is 1. The van der Waals surface area contributed by atoms with Gasteiger partial charge in [-0.2, -0.15) is 4.99 Å². The van der Waals surface area contributed by atoms with Gasteiger partial charge in [0, 0.05) is 16.5 Å². The summed E-state index contributed by atoms with van der Waals surface area (Å²) in [6.45, 7) is 0. The number of carbonyl (C=O) groups is 1. The van der Waals surface area contributed by atoms with Crippen LogP contribution in [-0.2, 0) is 7.05 Å². The monoisotopic (exact) mass is 482 g/mol. The molecule has 0 atom stereocenters. The van der Waals surface area contributed by atoms with Gasteiger partial charge in [-0.15, -0.1) is 0 Å². The maximum absolute atomic E-state index is 12.8. The molecule has 0 aliphatic heterocycles. The van der Waals surface area contributed by atoms with Crippen LogP contribution >= 0.6 is 38.9 Å². The highest BCUT2D eigenvalue weighted by Gasteiger charge is 2.16. The Bertz CT molecular complexity index is 1240. The Morgan fingerprint density at radius 3 is 2.28 bits per heavy atom. The van der Waals surface area contributed by atoms with E-state index in [1.54, 1.807) is 6.07 Å². The second kappa shape index (κ2) is 8.49. The summed E-state index contributed by atoms with van der Waals surface area (Å²) in [5, 5.41) is 0.682. The third kappa shape index (κ3) is 4.13. The Kier molecular flexibility index (Phi) is 5.81. The minimum absolute atomic E-state index is 0.281. The Morgan fingerprint density at radius 2 is 1.59 bits per heavy atom. The predicted octanol–water partition coefficient (Wildman–Crippen LogP) is 6.58. The van der Waals surface area contributed by atoms with Crippen molar-refractivity contribution in [2.75, 3.05) is 0 Å². The van der Waals surface area contributed by atoms with Crippen molar-refractivity contribution < 1.29 is 4.79 Å². The van der Waals surface area contributed by atoms with Crippen LogP contribution in [0.4, 0.5) is 0 Å². The van der Waals surface area contributed by atoms with Crippen LogP contribution in [-0.4, -0.2) is 10.5 Å². The van der Waals surface area contributed by atoms with Gasteiger partial charge in [0.15, 0.2) is 4.80 Å². The van der Waals surface area contributed by atoms with E-state index < -0.39 is 0 Å². The summed E-state index contributed by atoms with van der Waals surface area (Å²) < 4.78 is 2.69. The van der Waals surface area contributed by atoms with E-state index in [0.29, 0.717) is 15.4 Å². The maximum atomic E-state index is 12.8. The van der Waals surface area contributed by atoms with Gasteiger partial charge in [-0.05, 0) is 51.3 Å². The van der Waals surface area contributed by atoms with Crippen molar-refractivity contribution in [2.45, 2.75) is 0 Å². The van der Waals surface area contributed by atoms with Crippen LogP contribution in [0, 0.1) is 0 Å². The third-order valence-corrected chi connectivity index (χ3v) is 6.61. The first-order valence-electron chi connectivity index (χ1n) is 8.89. The van der Waals surface area contributed by atoms with Gasteiger partial charge in [0.1, 0.15) is 0 Å². The lowest BCUT2D eigenvalue weighted by Crippen LogP contribution is -2.14. The molecule has 3 aromatic carbocycles. The highest BCUT2D eigenvalue weighted by molar-refractivity contribution is 9.10. The van der Waals surface area contributed by atoms with Crippen LogP contribution in [0.2, 0.25) is 5.02 Å². The molecule has 0 radical (unpaired) electrons. The van der Waals surface area contributed by atoms with Gasteiger partial charge in [-0.1, -0.05) is 77.5 Å². The standard InChI is InChI=1S/C23H16BrClN2OS/c1-27-20(15-11-13-17(25)14-12-15)21(16-7-3-2-4-8-16)29-23(27)26-22(28)18-9-5-6-10-19(18)24/h2-14H,1H3. The number of hydrogen-bond donors (Lipinski definition) is 0.